The third kappa shape index (κ3) is 2.16. The van der Waals surface area contributed by atoms with E-state index in [9.17, 15) is 0 Å². The van der Waals surface area contributed by atoms with Crippen LogP contribution < -0.4 is 0 Å². The molecule has 0 saturated heterocycles. The SMILES string of the molecule is CC[CH+]Cl. The largest absolute Gasteiger partial charge is 0.185 e. The van der Waals surface area contributed by atoms with Gasteiger partial charge in [-0.3, -0.25) is 0 Å². The zero-order valence-corrected chi connectivity index (χ0v) is 3.42. The van der Waals surface area contributed by atoms with Gasteiger partial charge in [-0.05, 0) is 6.92 Å². The first kappa shape index (κ1) is 4.16. The summed E-state index contributed by atoms with van der Waals surface area (Å²) in [6.45, 7) is 1.99. The van der Waals surface area contributed by atoms with Gasteiger partial charge in [0.2, 0.25) is 0 Å². The van der Waals surface area contributed by atoms with E-state index in [0.717, 1.165) is 6.42 Å². The van der Waals surface area contributed by atoms with Gasteiger partial charge < -0.3 is 0 Å². The molecule has 0 radical (unpaired) electrons. The van der Waals surface area contributed by atoms with E-state index in [4.69, 9.17) is 11.6 Å². The van der Waals surface area contributed by atoms with Crippen LogP contribution in [0.4, 0.5) is 0 Å². The predicted molar refractivity (Wildman–Crippen MR) is 20.4 cm³/mol. The second-order valence-electron chi connectivity index (χ2n) is 0.563. The van der Waals surface area contributed by atoms with Gasteiger partial charge in [-0.2, -0.15) is 0 Å². The molecule has 0 nitrogen and oxygen atoms in total. The molecule has 0 atom stereocenters. The van der Waals surface area contributed by atoms with E-state index < -0.39 is 0 Å². The van der Waals surface area contributed by atoms with Crippen molar-refractivity contribution in [1.82, 2.24) is 0 Å². The van der Waals surface area contributed by atoms with Crippen LogP contribution in [0.2, 0.25) is 0 Å². The quantitative estimate of drug-likeness (QED) is 0.419. The third-order valence-corrected chi connectivity index (χ3v) is 0.463. The standard InChI is InChI=1S/C3H6Cl/c1-2-3-4/h3H,2H2,1H3/q+1. The van der Waals surface area contributed by atoms with Crippen molar-refractivity contribution < 1.29 is 0 Å². The van der Waals surface area contributed by atoms with Gasteiger partial charge in [0.1, 0.15) is 18.0 Å². The summed E-state index contributed by atoms with van der Waals surface area (Å²) >= 11 is 5.06. The summed E-state index contributed by atoms with van der Waals surface area (Å²) in [4.78, 5) is 0. The number of hydrogen-bond acceptors (Lipinski definition) is 0. The molecule has 0 bridgehead atoms. The summed E-state index contributed by atoms with van der Waals surface area (Å²) < 4.78 is 0. The molecule has 24 valence electrons. The highest BCUT2D eigenvalue weighted by Crippen LogP contribution is 1.85. The van der Waals surface area contributed by atoms with E-state index in [-0.39, 0.29) is 0 Å². The van der Waals surface area contributed by atoms with Gasteiger partial charge in [-0.15, -0.1) is 0 Å². The van der Waals surface area contributed by atoms with Crippen molar-refractivity contribution in [2.45, 2.75) is 13.3 Å². The van der Waals surface area contributed by atoms with Crippen molar-refractivity contribution in [3.05, 3.63) is 5.88 Å². The van der Waals surface area contributed by atoms with Gasteiger partial charge in [0.05, 0.1) is 0 Å². The summed E-state index contributed by atoms with van der Waals surface area (Å²) in [5, 5.41) is 0. The Morgan fingerprint density at radius 2 is 2.25 bits per heavy atom. The maximum Gasteiger partial charge on any atom is 0.185 e. The number of rotatable bonds is 1. The fraction of sp³-hybridized carbons (Fsp3) is 0.667. The van der Waals surface area contributed by atoms with Crippen LogP contribution in [0.1, 0.15) is 13.3 Å². The van der Waals surface area contributed by atoms with Crippen molar-refractivity contribution in [2.24, 2.45) is 0 Å². The van der Waals surface area contributed by atoms with Crippen LogP contribution in [0.15, 0.2) is 0 Å². The minimum atomic E-state index is 0.960. The Morgan fingerprint density at radius 3 is 2.25 bits per heavy atom. The lowest BCUT2D eigenvalue weighted by molar-refractivity contribution is 1.19. The van der Waals surface area contributed by atoms with Crippen molar-refractivity contribution >= 4 is 11.6 Å². The van der Waals surface area contributed by atoms with E-state index in [1.54, 1.807) is 5.88 Å². The molecular formula is C3H6Cl+. The first-order valence-electron chi connectivity index (χ1n) is 1.33. The fourth-order valence-electron chi connectivity index (χ4n) is 0. The van der Waals surface area contributed by atoms with Gasteiger partial charge >= 0.3 is 0 Å². The first-order valence-corrected chi connectivity index (χ1v) is 1.77. The van der Waals surface area contributed by atoms with Crippen LogP contribution in [0.25, 0.3) is 0 Å². The average Bonchev–Trinajstić information content (AvgIpc) is 1.37. The van der Waals surface area contributed by atoms with Crippen LogP contribution in [0.3, 0.4) is 0 Å². The molecule has 4 heavy (non-hydrogen) atoms. The van der Waals surface area contributed by atoms with E-state index in [0.29, 0.717) is 0 Å². The van der Waals surface area contributed by atoms with Crippen molar-refractivity contribution in [1.29, 1.82) is 0 Å². The maximum atomic E-state index is 5.06. The van der Waals surface area contributed by atoms with Gasteiger partial charge in [0.25, 0.3) is 0 Å². The molecule has 0 fully saturated rings. The smallest absolute Gasteiger partial charge is 0.0226 e. The van der Waals surface area contributed by atoms with Gasteiger partial charge in [0.15, 0.2) is 5.88 Å². The van der Waals surface area contributed by atoms with E-state index >= 15 is 0 Å². The van der Waals surface area contributed by atoms with E-state index in [1.807, 2.05) is 6.92 Å². The van der Waals surface area contributed by atoms with Crippen LogP contribution in [0, 0.1) is 5.88 Å². The monoisotopic (exact) mass is 77.0 g/mol. The van der Waals surface area contributed by atoms with E-state index in [1.165, 1.54) is 0 Å². The molecule has 0 N–H and O–H groups in total. The lowest BCUT2D eigenvalue weighted by Crippen LogP contribution is -1.44. The topological polar surface area (TPSA) is 0 Å². The molecule has 0 heterocycles. The van der Waals surface area contributed by atoms with Crippen molar-refractivity contribution in [3.63, 3.8) is 0 Å². The molecular weight excluding hydrogens is 71.5 g/mol. The predicted octanol–water partition coefficient (Wildman–Crippen LogP) is 1.80. The fourth-order valence-corrected chi connectivity index (χ4v) is 0. The summed E-state index contributed by atoms with van der Waals surface area (Å²) in [7, 11) is 0. The summed E-state index contributed by atoms with van der Waals surface area (Å²) in [6, 6.07) is 0. The van der Waals surface area contributed by atoms with Crippen molar-refractivity contribution in [2.75, 3.05) is 0 Å². The minimum Gasteiger partial charge on any atom is -0.0226 e. The molecule has 0 aliphatic carbocycles. The number of hydrogen-bond donors (Lipinski definition) is 0. The molecule has 0 saturated carbocycles. The molecule has 0 aromatic rings. The highest BCUT2D eigenvalue weighted by Gasteiger charge is 1.74. The van der Waals surface area contributed by atoms with Crippen LogP contribution in [-0.4, -0.2) is 0 Å². The van der Waals surface area contributed by atoms with E-state index in [2.05, 4.69) is 0 Å². The summed E-state index contributed by atoms with van der Waals surface area (Å²) in [6.07, 6.45) is 0.960. The lowest BCUT2D eigenvalue weighted by atomic mass is 10.6. The molecule has 0 aliphatic heterocycles. The molecule has 0 aromatic carbocycles. The van der Waals surface area contributed by atoms with Gasteiger partial charge in [-0.25, -0.2) is 0 Å². The highest BCUT2D eigenvalue weighted by molar-refractivity contribution is 6.22. The zero-order chi connectivity index (χ0) is 3.41. The Balaban J connectivity index is 1.97. The molecule has 0 rings (SSSR count). The lowest BCUT2D eigenvalue weighted by Gasteiger charge is -1.50. The minimum absolute atomic E-state index is 0.960. The normalized spacial score (nSPS) is 6.50. The molecule has 1 heteroatoms. The van der Waals surface area contributed by atoms with Gasteiger partial charge in [-0.1, -0.05) is 0 Å². The average molecular weight is 77.5 g/mol. The zero-order valence-electron chi connectivity index (χ0n) is 2.66. The first-order chi connectivity index (χ1) is 1.91. The Kier molecular flexibility index (Phi) is 3.29. The molecule has 0 spiro atoms. The summed E-state index contributed by atoms with van der Waals surface area (Å²) in [5.74, 6) is 1.60. The Morgan fingerprint density at radius 1 is 2.00 bits per heavy atom. The van der Waals surface area contributed by atoms with Crippen molar-refractivity contribution in [3.8, 4) is 0 Å². The Hall–Kier alpha value is 0.160. The molecule has 0 amide bonds. The van der Waals surface area contributed by atoms with Crippen LogP contribution in [0.5, 0.6) is 0 Å². The molecule has 0 aliphatic rings. The number of halogens is 1. The second-order valence-corrected chi connectivity index (χ2v) is 0.871. The molecule has 0 unspecified atom stereocenters. The highest BCUT2D eigenvalue weighted by atomic mass is 35.5. The van der Waals surface area contributed by atoms with Crippen LogP contribution >= 0.6 is 11.6 Å². The summed E-state index contributed by atoms with van der Waals surface area (Å²) in [5.41, 5.74) is 0. The Labute approximate surface area is 31.8 Å². The molecule has 0 aromatic heterocycles. The third-order valence-electron chi connectivity index (χ3n) is 0.154. The van der Waals surface area contributed by atoms with Gasteiger partial charge in [0, 0.05) is 0 Å². The Bertz CT molecular complexity index is 5.25. The van der Waals surface area contributed by atoms with Crippen LogP contribution in [-0.2, 0) is 0 Å². The second kappa shape index (κ2) is 3.16. The maximum absolute atomic E-state index is 5.06.